The van der Waals surface area contributed by atoms with Crippen molar-refractivity contribution in [1.29, 1.82) is 5.41 Å². The number of fused-ring (bicyclic) bond motifs is 1. The van der Waals surface area contributed by atoms with Crippen molar-refractivity contribution in [3.63, 3.8) is 0 Å². The van der Waals surface area contributed by atoms with E-state index in [9.17, 15) is 0 Å². The Kier molecular flexibility index (Phi) is 3.19. The normalized spacial score (nSPS) is 12.8. The predicted molar refractivity (Wildman–Crippen MR) is 70.1 cm³/mol. The lowest BCUT2D eigenvalue weighted by molar-refractivity contribution is 0.987. The molecule has 1 unspecified atom stereocenters. The lowest BCUT2D eigenvalue weighted by atomic mass is 10.3. The van der Waals surface area contributed by atoms with Gasteiger partial charge in [0.05, 0.1) is 10.3 Å². The van der Waals surface area contributed by atoms with E-state index in [1.807, 2.05) is 25.1 Å². The van der Waals surface area contributed by atoms with Gasteiger partial charge in [0.25, 0.3) is 0 Å². The molecule has 2 aromatic rings. The predicted octanol–water partition coefficient (Wildman–Crippen LogP) is 2.97. The number of hydrogen-bond donors (Lipinski definition) is 3. The number of hydrogen-bond acceptors (Lipinski definition) is 2. The van der Waals surface area contributed by atoms with Crippen molar-refractivity contribution in [2.45, 2.75) is 23.6 Å². The number of aromatic amines is 1. The first kappa shape index (κ1) is 11.1. The Morgan fingerprint density at radius 2 is 2.25 bits per heavy atom. The average molecular weight is 233 g/mol. The molecule has 0 bridgehead atoms. The quantitative estimate of drug-likeness (QED) is 0.432. The topological polar surface area (TPSA) is 65.7 Å². The summed E-state index contributed by atoms with van der Waals surface area (Å²) in [7, 11) is 0. The van der Waals surface area contributed by atoms with Gasteiger partial charge in [-0.05, 0) is 18.6 Å². The molecule has 0 amide bonds. The second kappa shape index (κ2) is 4.61. The second-order valence-corrected chi connectivity index (χ2v) is 4.94. The molecule has 0 fully saturated rings. The van der Waals surface area contributed by atoms with Gasteiger partial charge in [0, 0.05) is 10.9 Å². The van der Waals surface area contributed by atoms with Gasteiger partial charge in [0.2, 0.25) is 0 Å². The van der Waals surface area contributed by atoms with Crippen molar-refractivity contribution in [2.24, 2.45) is 5.73 Å². The molecule has 3 nitrogen and oxygen atoms in total. The molecule has 0 spiro atoms. The Labute approximate surface area is 98.9 Å². The van der Waals surface area contributed by atoms with Crippen LogP contribution in [-0.4, -0.2) is 16.1 Å². The van der Waals surface area contributed by atoms with Crippen molar-refractivity contribution in [3.8, 4) is 0 Å². The van der Waals surface area contributed by atoms with Crippen molar-refractivity contribution in [3.05, 3.63) is 30.3 Å². The SMILES string of the molecule is CCC(Sc1cc2ccccc2[nH]1)C(=N)N. The first-order valence-corrected chi connectivity index (χ1v) is 6.17. The van der Waals surface area contributed by atoms with E-state index in [0.717, 1.165) is 17.0 Å². The molecule has 0 aliphatic rings. The van der Waals surface area contributed by atoms with E-state index in [-0.39, 0.29) is 11.1 Å². The van der Waals surface area contributed by atoms with Crippen LogP contribution in [0.25, 0.3) is 10.9 Å². The van der Waals surface area contributed by atoms with E-state index in [4.69, 9.17) is 11.1 Å². The standard InChI is InChI=1S/C12H15N3S/c1-2-10(12(13)14)16-11-7-8-5-3-4-6-9(8)15-11/h3-7,10,15H,2H2,1H3,(H3,13,14). The number of nitrogens with one attached hydrogen (secondary N) is 2. The fourth-order valence-electron chi connectivity index (χ4n) is 1.63. The number of H-pyrrole nitrogens is 1. The van der Waals surface area contributed by atoms with E-state index >= 15 is 0 Å². The second-order valence-electron chi connectivity index (χ2n) is 3.69. The molecule has 1 heterocycles. The lowest BCUT2D eigenvalue weighted by Gasteiger charge is -2.10. The van der Waals surface area contributed by atoms with E-state index in [0.29, 0.717) is 0 Å². The molecule has 0 aliphatic carbocycles. The molecule has 0 saturated carbocycles. The number of aromatic nitrogens is 1. The minimum Gasteiger partial charge on any atom is -0.387 e. The van der Waals surface area contributed by atoms with Gasteiger partial charge in [-0.2, -0.15) is 0 Å². The van der Waals surface area contributed by atoms with Crippen LogP contribution >= 0.6 is 11.8 Å². The van der Waals surface area contributed by atoms with Crippen molar-refractivity contribution < 1.29 is 0 Å². The van der Waals surface area contributed by atoms with E-state index in [2.05, 4.69) is 17.1 Å². The lowest BCUT2D eigenvalue weighted by Crippen LogP contribution is -2.23. The fourth-order valence-corrected chi connectivity index (χ4v) is 2.59. The third kappa shape index (κ3) is 2.22. The molecule has 0 aliphatic heterocycles. The van der Waals surface area contributed by atoms with Gasteiger partial charge in [-0.3, -0.25) is 5.41 Å². The highest BCUT2D eigenvalue weighted by Crippen LogP contribution is 2.27. The molecule has 4 N–H and O–H groups in total. The highest BCUT2D eigenvalue weighted by atomic mass is 32.2. The Bertz CT molecular complexity index is 471. The summed E-state index contributed by atoms with van der Waals surface area (Å²) in [5.41, 5.74) is 6.67. The van der Waals surface area contributed by atoms with Gasteiger partial charge in [-0.25, -0.2) is 0 Å². The average Bonchev–Trinajstić information content (AvgIpc) is 2.67. The molecule has 1 atom stereocenters. The number of rotatable bonds is 4. The summed E-state index contributed by atoms with van der Waals surface area (Å²) >= 11 is 1.62. The molecule has 0 saturated heterocycles. The minimum absolute atomic E-state index is 0.0630. The summed E-state index contributed by atoms with van der Waals surface area (Å²) in [5, 5.41) is 9.81. The van der Waals surface area contributed by atoms with Gasteiger partial charge >= 0.3 is 0 Å². The number of para-hydroxylation sites is 1. The number of benzene rings is 1. The maximum Gasteiger partial charge on any atom is 0.104 e. The van der Waals surface area contributed by atoms with Crippen LogP contribution in [0.2, 0.25) is 0 Å². The summed E-state index contributed by atoms with van der Waals surface area (Å²) in [6.45, 7) is 2.04. The minimum atomic E-state index is 0.0630. The molecule has 1 aromatic carbocycles. The summed E-state index contributed by atoms with van der Waals surface area (Å²) in [5.74, 6) is 0.242. The zero-order valence-corrected chi connectivity index (χ0v) is 9.97. The smallest absolute Gasteiger partial charge is 0.104 e. The maximum atomic E-state index is 7.48. The number of thioether (sulfide) groups is 1. The van der Waals surface area contributed by atoms with Crippen molar-refractivity contribution in [2.75, 3.05) is 0 Å². The highest BCUT2D eigenvalue weighted by Gasteiger charge is 2.12. The first-order chi connectivity index (χ1) is 7.70. The Morgan fingerprint density at radius 1 is 1.50 bits per heavy atom. The summed E-state index contributed by atoms with van der Waals surface area (Å²) in [6.07, 6.45) is 0.870. The molecule has 1 aromatic heterocycles. The van der Waals surface area contributed by atoms with Crippen molar-refractivity contribution in [1.82, 2.24) is 4.98 Å². The van der Waals surface area contributed by atoms with E-state index < -0.39 is 0 Å². The Morgan fingerprint density at radius 3 is 2.88 bits per heavy atom. The largest absolute Gasteiger partial charge is 0.387 e. The van der Waals surface area contributed by atoms with Crippen LogP contribution in [0, 0.1) is 5.41 Å². The zero-order valence-electron chi connectivity index (χ0n) is 9.16. The molecule has 0 radical (unpaired) electrons. The van der Waals surface area contributed by atoms with E-state index in [1.54, 1.807) is 11.8 Å². The first-order valence-electron chi connectivity index (χ1n) is 5.29. The van der Waals surface area contributed by atoms with Crippen LogP contribution in [0.4, 0.5) is 0 Å². The molecule has 2 rings (SSSR count). The molecule has 4 heteroatoms. The Balaban J connectivity index is 2.24. The number of amidine groups is 1. The van der Waals surface area contributed by atoms with Gasteiger partial charge < -0.3 is 10.7 Å². The Hall–Kier alpha value is -1.42. The van der Waals surface area contributed by atoms with Gasteiger partial charge in [-0.15, -0.1) is 0 Å². The molecular weight excluding hydrogens is 218 g/mol. The molecule has 16 heavy (non-hydrogen) atoms. The van der Waals surface area contributed by atoms with Gasteiger partial charge in [0.15, 0.2) is 0 Å². The molecular formula is C12H15N3S. The van der Waals surface area contributed by atoms with E-state index in [1.165, 1.54) is 5.39 Å². The summed E-state index contributed by atoms with van der Waals surface area (Å²) in [6, 6.07) is 10.3. The summed E-state index contributed by atoms with van der Waals surface area (Å²) < 4.78 is 0. The van der Waals surface area contributed by atoms with Crippen LogP contribution < -0.4 is 5.73 Å². The summed E-state index contributed by atoms with van der Waals surface area (Å²) in [4.78, 5) is 3.33. The third-order valence-electron chi connectivity index (χ3n) is 2.49. The zero-order chi connectivity index (χ0) is 11.5. The van der Waals surface area contributed by atoms with Crippen LogP contribution in [0.5, 0.6) is 0 Å². The highest BCUT2D eigenvalue weighted by molar-refractivity contribution is 8.00. The monoisotopic (exact) mass is 233 g/mol. The van der Waals surface area contributed by atoms with Crippen LogP contribution in [-0.2, 0) is 0 Å². The third-order valence-corrected chi connectivity index (χ3v) is 3.84. The van der Waals surface area contributed by atoms with Crippen LogP contribution in [0.1, 0.15) is 13.3 Å². The van der Waals surface area contributed by atoms with Gasteiger partial charge in [0.1, 0.15) is 5.84 Å². The fraction of sp³-hybridized carbons (Fsp3) is 0.250. The molecule has 84 valence electrons. The van der Waals surface area contributed by atoms with Crippen molar-refractivity contribution >= 4 is 28.5 Å². The van der Waals surface area contributed by atoms with Crippen LogP contribution in [0.15, 0.2) is 35.4 Å². The number of nitrogens with two attached hydrogens (primary N) is 1. The van der Waals surface area contributed by atoms with Gasteiger partial charge in [-0.1, -0.05) is 36.9 Å². The maximum absolute atomic E-state index is 7.48. The van der Waals surface area contributed by atoms with Crippen LogP contribution in [0.3, 0.4) is 0 Å².